The van der Waals surface area contributed by atoms with E-state index in [1.165, 1.54) is 17.3 Å². The maximum Gasteiger partial charge on any atom is 0.248 e. The Morgan fingerprint density at radius 1 is 0.969 bits per heavy atom. The first-order chi connectivity index (χ1) is 15.5. The smallest absolute Gasteiger partial charge is 0.248 e. The predicted octanol–water partition coefficient (Wildman–Crippen LogP) is 4.68. The number of para-hydroxylation sites is 1. The van der Waals surface area contributed by atoms with Crippen LogP contribution < -0.4 is 11.1 Å². The molecule has 6 nitrogen and oxygen atoms in total. The molecule has 0 spiro atoms. The molecule has 0 fully saturated rings. The Hall–Kier alpha value is -3.84. The highest BCUT2D eigenvalue weighted by molar-refractivity contribution is 7.99. The van der Waals surface area contributed by atoms with Crippen LogP contribution in [0.5, 0.6) is 0 Å². The molecule has 0 radical (unpaired) electrons. The summed E-state index contributed by atoms with van der Waals surface area (Å²) >= 11 is 1.36. The van der Waals surface area contributed by atoms with Gasteiger partial charge in [0.05, 0.1) is 17.6 Å². The molecule has 0 aliphatic rings. The molecule has 1 heterocycles. The maximum atomic E-state index is 12.5. The van der Waals surface area contributed by atoms with Gasteiger partial charge in [-0.3, -0.25) is 14.2 Å². The van der Waals surface area contributed by atoms with Crippen LogP contribution in [0.1, 0.15) is 15.9 Å². The van der Waals surface area contributed by atoms with Gasteiger partial charge in [-0.15, -0.1) is 0 Å². The predicted molar refractivity (Wildman–Crippen MR) is 128 cm³/mol. The lowest BCUT2D eigenvalue weighted by Gasteiger charge is -2.12. The minimum Gasteiger partial charge on any atom is -0.366 e. The van der Waals surface area contributed by atoms with Crippen molar-refractivity contribution in [2.45, 2.75) is 12.1 Å². The number of aromatic nitrogens is 2. The van der Waals surface area contributed by atoms with Gasteiger partial charge in [0.25, 0.3) is 0 Å². The van der Waals surface area contributed by atoms with Crippen LogP contribution in [0, 0.1) is 6.92 Å². The third-order valence-corrected chi connectivity index (χ3v) is 5.83. The molecule has 4 aromatic rings. The van der Waals surface area contributed by atoms with E-state index >= 15 is 0 Å². The number of nitrogens with one attached hydrogen (secondary N) is 1. The van der Waals surface area contributed by atoms with E-state index in [-0.39, 0.29) is 11.7 Å². The Balaban J connectivity index is 1.53. The first-order valence-electron chi connectivity index (χ1n) is 10.0. The molecule has 0 bridgehead atoms. The molecule has 7 heteroatoms. The number of imidazole rings is 1. The van der Waals surface area contributed by atoms with Gasteiger partial charge in [-0.05, 0) is 43.3 Å². The number of hydrogen-bond acceptors (Lipinski definition) is 4. The van der Waals surface area contributed by atoms with E-state index in [4.69, 9.17) is 5.73 Å². The van der Waals surface area contributed by atoms with Crippen molar-refractivity contribution >= 4 is 29.3 Å². The second kappa shape index (κ2) is 9.53. The number of benzene rings is 3. The summed E-state index contributed by atoms with van der Waals surface area (Å²) in [7, 11) is 0. The SMILES string of the molecule is Cc1ccc(-c2cnc(SCC(=O)Nc3ccc(C(N)=O)cc3)n2-c2ccccc2)cc1. The van der Waals surface area contributed by atoms with Crippen LogP contribution in [0.3, 0.4) is 0 Å². The second-order valence-electron chi connectivity index (χ2n) is 7.24. The number of thioether (sulfide) groups is 1. The molecule has 0 atom stereocenters. The number of rotatable bonds is 7. The Kier molecular flexibility index (Phi) is 6.37. The van der Waals surface area contributed by atoms with E-state index in [1.54, 1.807) is 24.3 Å². The van der Waals surface area contributed by atoms with Gasteiger partial charge in [-0.25, -0.2) is 4.98 Å². The van der Waals surface area contributed by atoms with E-state index in [2.05, 4.69) is 46.1 Å². The van der Waals surface area contributed by atoms with Gasteiger partial charge in [0.1, 0.15) is 0 Å². The van der Waals surface area contributed by atoms with Crippen molar-refractivity contribution in [2.75, 3.05) is 11.1 Å². The van der Waals surface area contributed by atoms with Crippen molar-refractivity contribution in [2.24, 2.45) is 5.73 Å². The normalized spacial score (nSPS) is 10.7. The van der Waals surface area contributed by atoms with Crippen LogP contribution in [0.2, 0.25) is 0 Å². The van der Waals surface area contributed by atoms with Crippen molar-refractivity contribution in [3.8, 4) is 16.9 Å². The summed E-state index contributed by atoms with van der Waals surface area (Å²) in [6, 6.07) is 24.7. The Labute approximate surface area is 190 Å². The van der Waals surface area contributed by atoms with Crippen molar-refractivity contribution in [1.82, 2.24) is 9.55 Å². The van der Waals surface area contributed by atoms with E-state index in [9.17, 15) is 9.59 Å². The molecule has 0 unspecified atom stereocenters. The molecule has 0 aliphatic heterocycles. The third-order valence-electron chi connectivity index (χ3n) is 4.88. The Morgan fingerprint density at radius 3 is 2.31 bits per heavy atom. The molecule has 160 valence electrons. The summed E-state index contributed by atoms with van der Waals surface area (Å²) in [6.07, 6.45) is 1.83. The van der Waals surface area contributed by atoms with Gasteiger partial charge in [-0.2, -0.15) is 0 Å². The molecule has 2 amide bonds. The number of nitrogens with zero attached hydrogens (tertiary/aromatic N) is 2. The van der Waals surface area contributed by atoms with Crippen LogP contribution >= 0.6 is 11.8 Å². The number of anilines is 1. The molecule has 0 saturated carbocycles. The highest BCUT2D eigenvalue weighted by Gasteiger charge is 2.15. The third kappa shape index (κ3) is 4.90. The zero-order valence-corrected chi connectivity index (χ0v) is 18.3. The summed E-state index contributed by atoms with van der Waals surface area (Å²) < 4.78 is 2.06. The van der Waals surface area contributed by atoms with Gasteiger partial charge < -0.3 is 11.1 Å². The zero-order chi connectivity index (χ0) is 22.5. The molecule has 3 aromatic carbocycles. The number of nitrogens with two attached hydrogens (primary N) is 1. The molecule has 0 aliphatic carbocycles. The van der Waals surface area contributed by atoms with Crippen LogP contribution in [-0.4, -0.2) is 27.1 Å². The topological polar surface area (TPSA) is 90.0 Å². The average molecular weight is 443 g/mol. The monoisotopic (exact) mass is 442 g/mol. The fraction of sp³-hybridized carbons (Fsp3) is 0.0800. The minimum absolute atomic E-state index is 0.165. The lowest BCUT2D eigenvalue weighted by Crippen LogP contribution is -2.15. The van der Waals surface area contributed by atoms with Crippen LogP contribution in [0.25, 0.3) is 16.9 Å². The number of aryl methyl sites for hydroxylation is 1. The molecule has 3 N–H and O–H groups in total. The van der Waals surface area contributed by atoms with Crippen LogP contribution in [-0.2, 0) is 4.79 Å². The standard InChI is InChI=1S/C25H22N4O2S/c1-17-7-9-18(10-8-17)22-15-27-25(29(22)21-5-3-2-4-6-21)32-16-23(30)28-20-13-11-19(12-14-20)24(26)31/h2-15H,16H2,1H3,(H2,26,31)(H,28,30). The van der Waals surface area contributed by atoms with E-state index in [0.717, 1.165) is 22.1 Å². The number of carbonyl (C=O) groups excluding carboxylic acids is 2. The zero-order valence-electron chi connectivity index (χ0n) is 17.5. The number of hydrogen-bond donors (Lipinski definition) is 2. The fourth-order valence-corrected chi connectivity index (χ4v) is 4.03. The number of amides is 2. The summed E-state index contributed by atoms with van der Waals surface area (Å²) in [4.78, 5) is 28.3. The second-order valence-corrected chi connectivity index (χ2v) is 8.18. The van der Waals surface area contributed by atoms with Gasteiger partial charge in [0, 0.05) is 22.5 Å². The van der Waals surface area contributed by atoms with Crippen molar-refractivity contribution in [3.63, 3.8) is 0 Å². The van der Waals surface area contributed by atoms with E-state index < -0.39 is 5.91 Å². The van der Waals surface area contributed by atoms with Crippen molar-refractivity contribution in [1.29, 1.82) is 0 Å². The van der Waals surface area contributed by atoms with Crippen molar-refractivity contribution in [3.05, 3.63) is 96.2 Å². The maximum absolute atomic E-state index is 12.5. The highest BCUT2D eigenvalue weighted by atomic mass is 32.2. The Morgan fingerprint density at radius 2 is 1.66 bits per heavy atom. The fourth-order valence-electron chi connectivity index (χ4n) is 3.24. The summed E-state index contributed by atoms with van der Waals surface area (Å²) in [5, 5.41) is 3.56. The molecular formula is C25H22N4O2S. The highest BCUT2D eigenvalue weighted by Crippen LogP contribution is 2.30. The lowest BCUT2D eigenvalue weighted by atomic mass is 10.1. The minimum atomic E-state index is -0.504. The molecule has 32 heavy (non-hydrogen) atoms. The number of primary amides is 1. The first-order valence-corrected chi connectivity index (χ1v) is 11.0. The van der Waals surface area contributed by atoms with E-state index in [0.29, 0.717) is 11.3 Å². The lowest BCUT2D eigenvalue weighted by molar-refractivity contribution is -0.113. The molecule has 0 saturated heterocycles. The Bertz CT molecular complexity index is 1230. The van der Waals surface area contributed by atoms with Crippen molar-refractivity contribution < 1.29 is 9.59 Å². The van der Waals surface area contributed by atoms with Crippen LogP contribution in [0.15, 0.2) is 90.2 Å². The first kappa shape index (κ1) is 21.4. The number of carbonyl (C=O) groups is 2. The summed E-state index contributed by atoms with van der Waals surface area (Å²) in [5.41, 5.74) is 10.4. The summed E-state index contributed by atoms with van der Waals surface area (Å²) in [5.74, 6) is -0.480. The molecule has 4 rings (SSSR count). The summed E-state index contributed by atoms with van der Waals surface area (Å²) in [6.45, 7) is 2.06. The van der Waals surface area contributed by atoms with Gasteiger partial charge in [0.2, 0.25) is 11.8 Å². The van der Waals surface area contributed by atoms with E-state index in [1.807, 2.05) is 36.5 Å². The molecule has 1 aromatic heterocycles. The van der Waals surface area contributed by atoms with Gasteiger partial charge in [0.15, 0.2) is 5.16 Å². The van der Waals surface area contributed by atoms with Crippen LogP contribution in [0.4, 0.5) is 5.69 Å². The van der Waals surface area contributed by atoms with Gasteiger partial charge >= 0.3 is 0 Å². The molecular weight excluding hydrogens is 420 g/mol. The largest absolute Gasteiger partial charge is 0.366 e. The van der Waals surface area contributed by atoms with Gasteiger partial charge in [-0.1, -0.05) is 59.8 Å². The quantitative estimate of drug-likeness (QED) is 0.407. The average Bonchev–Trinajstić information content (AvgIpc) is 3.23.